The van der Waals surface area contributed by atoms with Gasteiger partial charge < -0.3 is 34.0 Å². The highest BCUT2D eigenvalue weighted by Gasteiger charge is 2.45. The number of hydrogen-bond acceptors (Lipinski definition) is 12. The molecule has 8 aliphatic rings. The van der Waals surface area contributed by atoms with Gasteiger partial charge >= 0.3 is 0 Å². The first-order valence-electron chi connectivity index (χ1n) is 27.2. The van der Waals surface area contributed by atoms with Crippen LogP contribution in [0.5, 0.6) is 0 Å². The Morgan fingerprint density at radius 1 is 0.292 bits per heavy atom. The highest BCUT2D eigenvalue weighted by Crippen LogP contribution is 2.40. The molecule has 0 aromatic heterocycles. The molecule has 0 amide bonds. The normalized spacial score (nSPS) is 28.6. The zero-order valence-corrected chi connectivity index (χ0v) is 46.0. The fourth-order valence-corrected chi connectivity index (χ4v) is 14.5. The maximum atomic E-state index is 5.55. The minimum absolute atomic E-state index is 0.416. The van der Waals surface area contributed by atoms with Crippen molar-refractivity contribution in [3.63, 3.8) is 0 Å². The van der Waals surface area contributed by atoms with Crippen LogP contribution in [-0.4, -0.2) is 257 Å². The summed E-state index contributed by atoms with van der Waals surface area (Å²) in [6, 6.07) is 0. The van der Waals surface area contributed by atoms with Crippen LogP contribution in [0.25, 0.3) is 0 Å². The lowest BCUT2D eigenvalue weighted by molar-refractivity contribution is -0.0682. The van der Waals surface area contributed by atoms with Gasteiger partial charge in [0.15, 0.2) is 0 Å². The van der Waals surface area contributed by atoms with Crippen molar-refractivity contribution in [3.8, 4) is 0 Å². The van der Waals surface area contributed by atoms with Crippen LogP contribution in [0.4, 0.5) is 0 Å². The van der Waals surface area contributed by atoms with E-state index in [4.69, 9.17) is 9.47 Å². The third kappa shape index (κ3) is 14.5. The lowest BCUT2D eigenvalue weighted by Crippen LogP contribution is -2.62. The van der Waals surface area contributed by atoms with Crippen molar-refractivity contribution in [1.82, 2.24) is 44.1 Å². The third-order valence-corrected chi connectivity index (χ3v) is 19.7. The highest BCUT2D eigenvalue weighted by atomic mass is 32.2. The van der Waals surface area contributed by atoms with Crippen LogP contribution < -0.4 is 0 Å². The van der Waals surface area contributed by atoms with Crippen molar-refractivity contribution in [2.24, 2.45) is 23.7 Å². The van der Waals surface area contributed by atoms with Gasteiger partial charge in [0.25, 0.3) is 0 Å². The Kier molecular flexibility index (Phi) is 22.7. The molecule has 0 saturated carbocycles. The summed E-state index contributed by atoms with van der Waals surface area (Å²) in [5, 5.41) is 0. The Bertz CT molecular complexity index is 1230. The molecule has 65 heavy (non-hydrogen) atoms. The number of likely N-dealkylation sites (N-methyl/N-ethyl adjacent to an activating group) is 3. The average molecular weight is 935 g/mol. The van der Waals surface area contributed by atoms with Gasteiger partial charge in [-0.05, 0) is 148 Å². The van der Waals surface area contributed by atoms with Gasteiger partial charge in [-0.2, -0.15) is 11.8 Å². The molecule has 0 radical (unpaired) electrons. The molecule has 382 valence electrons. The van der Waals surface area contributed by atoms with Crippen LogP contribution in [0.3, 0.4) is 0 Å². The van der Waals surface area contributed by atoms with Gasteiger partial charge in [0.2, 0.25) is 0 Å². The molecule has 8 rings (SSSR count). The number of hydrogen-bond donors (Lipinski definition) is 0. The fraction of sp³-hybridized carbons (Fsp3) is 1.00. The van der Waals surface area contributed by atoms with Crippen molar-refractivity contribution < 1.29 is 9.47 Å². The van der Waals surface area contributed by atoms with Gasteiger partial charge in [0, 0.05) is 127 Å². The van der Waals surface area contributed by atoms with Gasteiger partial charge in [-0.15, -0.1) is 0 Å². The van der Waals surface area contributed by atoms with E-state index < -0.39 is 0 Å². The second-order valence-electron chi connectivity index (χ2n) is 23.3. The molecule has 8 heterocycles. The lowest BCUT2D eigenvalue weighted by atomic mass is 9.76. The molecule has 8 aliphatic heterocycles. The van der Waals surface area contributed by atoms with Crippen LogP contribution in [-0.2, 0) is 9.47 Å². The van der Waals surface area contributed by atoms with Gasteiger partial charge in [-0.3, -0.25) is 19.6 Å². The molecule has 8 fully saturated rings. The van der Waals surface area contributed by atoms with E-state index in [1.807, 2.05) is 0 Å². The minimum Gasteiger partial charge on any atom is -0.381 e. The van der Waals surface area contributed by atoms with Crippen LogP contribution in [0.2, 0.25) is 0 Å². The summed E-state index contributed by atoms with van der Waals surface area (Å²) in [7, 11) is 11.2. The zero-order chi connectivity index (χ0) is 47.3. The largest absolute Gasteiger partial charge is 0.381 e. The first kappa shape index (κ1) is 55.8. The van der Waals surface area contributed by atoms with E-state index in [2.05, 4.69) is 146 Å². The second kappa shape index (κ2) is 26.4. The van der Waals surface area contributed by atoms with E-state index in [0.717, 1.165) is 63.2 Å². The van der Waals surface area contributed by atoms with E-state index in [-0.39, 0.29) is 0 Å². The standard InChI is InChI=1S/C14H29N3.2C13H26N2O.C13H26N2S/c1-13(2)14(5-7-15(3)8-6-14)17-11-9-16(4)10-12-17;1-12(2)13(4-10-16-11-5-13)15-8-6-14(3)7-9-15;1-12(2)13(4-6-14(3)7-5-13)15-8-10-16-11-9-15;1-12(2)13(4-10-16-11-5-13)15-8-6-14(3)7-9-15/h13H,5-12H2,1-4H3;3*12H,4-11H2,1-3H3. The Morgan fingerprint density at radius 3 is 0.846 bits per heavy atom. The average Bonchev–Trinajstić information content (AvgIpc) is 3.31. The van der Waals surface area contributed by atoms with Gasteiger partial charge in [-0.1, -0.05) is 55.4 Å². The predicted octanol–water partition coefficient (Wildman–Crippen LogP) is 6.39. The van der Waals surface area contributed by atoms with Crippen LogP contribution in [0.15, 0.2) is 0 Å². The Balaban J connectivity index is 0.000000163. The van der Waals surface area contributed by atoms with E-state index in [0.29, 0.717) is 22.2 Å². The summed E-state index contributed by atoms with van der Waals surface area (Å²) in [6.45, 7) is 45.2. The Morgan fingerprint density at radius 2 is 0.538 bits per heavy atom. The summed E-state index contributed by atoms with van der Waals surface area (Å²) < 4.78 is 11.0. The molecule has 8 saturated heterocycles. The number of ether oxygens (including phenoxy) is 2. The van der Waals surface area contributed by atoms with Gasteiger partial charge in [0.1, 0.15) is 0 Å². The lowest BCUT2D eigenvalue weighted by Gasteiger charge is -2.53. The molecule has 0 aromatic rings. The van der Waals surface area contributed by atoms with Crippen LogP contribution in [0.1, 0.15) is 107 Å². The summed E-state index contributed by atoms with van der Waals surface area (Å²) in [5.74, 6) is 5.80. The van der Waals surface area contributed by atoms with E-state index in [1.54, 1.807) is 0 Å². The summed E-state index contributed by atoms with van der Waals surface area (Å²) in [5.41, 5.74) is 1.86. The SMILES string of the molecule is CC(C)C1(N2CCN(C)CC2)CCN(C)CC1.CC(C)C1(N2CCN(C)CC2)CCOCC1.CC(C)C1(N2CCN(C)CC2)CCSCC1.CC(C)C1(N2CCOCC2)CCN(C)CC1. The maximum absolute atomic E-state index is 5.55. The van der Waals surface area contributed by atoms with Crippen molar-refractivity contribution in [1.29, 1.82) is 0 Å². The Labute approximate surface area is 407 Å². The molecule has 12 heteroatoms. The summed E-state index contributed by atoms with van der Waals surface area (Å²) >= 11 is 2.14. The minimum atomic E-state index is 0.416. The zero-order valence-electron chi connectivity index (χ0n) is 45.2. The molecule has 0 bridgehead atoms. The molecule has 0 aromatic carbocycles. The molecule has 0 aliphatic carbocycles. The third-order valence-electron chi connectivity index (χ3n) is 18.8. The number of nitrogens with zero attached hydrogens (tertiary/aromatic N) is 9. The number of piperidine rings is 2. The first-order chi connectivity index (χ1) is 31.0. The first-order valence-corrected chi connectivity index (χ1v) is 28.3. The van der Waals surface area contributed by atoms with Crippen molar-refractivity contribution >= 4 is 11.8 Å². The molecular weight excluding hydrogens is 827 g/mol. The molecular formula is C53H107N9O2S. The second-order valence-corrected chi connectivity index (χ2v) is 24.6. The van der Waals surface area contributed by atoms with Gasteiger partial charge in [-0.25, -0.2) is 0 Å². The Hall–Kier alpha value is -0.0900. The number of morpholine rings is 1. The molecule has 0 N–H and O–H groups in total. The quantitative estimate of drug-likeness (QED) is 0.272. The van der Waals surface area contributed by atoms with E-state index in [9.17, 15) is 0 Å². The molecule has 11 nitrogen and oxygen atoms in total. The van der Waals surface area contributed by atoms with Crippen molar-refractivity contribution in [2.75, 3.05) is 191 Å². The smallest absolute Gasteiger partial charge is 0.0594 e. The number of likely N-dealkylation sites (tertiary alicyclic amines) is 2. The molecule has 0 unspecified atom stereocenters. The maximum Gasteiger partial charge on any atom is 0.0594 e. The number of piperazine rings is 3. The van der Waals surface area contributed by atoms with E-state index in [1.165, 1.54) is 168 Å². The summed E-state index contributed by atoms with van der Waals surface area (Å²) in [4.78, 5) is 23.3. The fourth-order valence-electron chi connectivity index (χ4n) is 13.3. The van der Waals surface area contributed by atoms with Crippen LogP contribution in [0, 0.1) is 23.7 Å². The number of thioether (sulfide) groups is 1. The highest BCUT2D eigenvalue weighted by molar-refractivity contribution is 7.99. The topological polar surface area (TPSA) is 47.6 Å². The monoisotopic (exact) mass is 934 g/mol. The van der Waals surface area contributed by atoms with Gasteiger partial charge in [0.05, 0.1) is 13.2 Å². The summed E-state index contributed by atoms with van der Waals surface area (Å²) in [6.07, 6.45) is 10.6. The predicted molar refractivity (Wildman–Crippen MR) is 280 cm³/mol. The van der Waals surface area contributed by atoms with E-state index >= 15 is 0 Å². The molecule has 0 spiro atoms. The van der Waals surface area contributed by atoms with Crippen molar-refractivity contribution in [2.45, 2.75) is 129 Å². The number of rotatable bonds is 8. The van der Waals surface area contributed by atoms with Crippen molar-refractivity contribution in [3.05, 3.63) is 0 Å². The van der Waals surface area contributed by atoms with Crippen LogP contribution >= 0.6 is 11.8 Å². The molecule has 0 atom stereocenters.